The monoisotopic (exact) mass is 432 g/mol. The Hall–Kier alpha value is -3.80. The van der Waals surface area contributed by atoms with Crippen molar-refractivity contribution < 1.29 is 19.1 Å². The first-order valence-corrected chi connectivity index (χ1v) is 10.8. The highest BCUT2D eigenvalue weighted by atomic mass is 16.5. The quantitative estimate of drug-likeness (QED) is 0.358. The number of hydrogen-bond donors (Lipinski definition) is 2. The number of para-hydroxylation sites is 1. The zero-order valence-corrected chi connectivity index (χ0v) is 18.2. The standard InChI is InChI=1S/C26H28N2O4/c1-2-3-9-18-31-22-16-14-21(15-17-22)26(30)28-27-25(29)19-32-24-13-8-7-12-23(24)20-10-5-4-6-11-20/h4-8,10-17H,2-3,9,18-19H2,1H3,(H,27,29)(H,28,30). The van der Waals surface area contributed by atoms with Crippen LogP contribution in [0.5, 0.6) is 11.5 Å². The number of carbonyl (C=O) groups excluding carboxylic acids is 2. The van der Waals surface area contributed by atoms with Gasteiger partial charge in [0.2, 0.25) is 0 Å². The lowest BCUT2D eigenvalue weighted by atomic mass is 10.1. The Balaban J connectivity index is 1.46. The Labute approximate surface area is 188 Å². The van der Waals surface area contributed by atoms with E-state index in [1.807, 2.05) is 48.5 Å². The highest BCUT2D eigenvalue weighted by Gasteiger charge is 2.10. The van der Waals surface area contributed by atoms with Gasteiger partial charge in [-0.1, -0.05) is 68.3 Å². The van der Waals surface area contributed by atoms with Crippen LogP contribution < -0.4 is 20.3 Å². The summed E-state index contributed by atoms with van der Waals surface area (Å²) in [6.07, 6.45) is 3.27. The molecule has 0 saturated carbocycles. The molecule has 0 spiro atoms. The Bertz CT molecular complexity index is 1000. The third kappa shape index (κ3) is 6.87. The lowest BCUT2D eigenvalue weighted by molar-refractivity contribution is -0.123. The van der Waals surface area contributed by atoms with Crippen molar-refractivity contribution >= 4 is 11.8 Å². The van der Waals surface area contributed by atoms with Crippen molar-refractivity contribution in [3.63, 3.8) is 0 Å². The third-order valence-electron chi connectivity index (χ3n) is 4.78. The number of ether oxygens (including phenoxy) is 2. The molecule has 2 amide bonds. The fraction of sp³-hybridized carbons (Fsp3) is 0.231. The van der Waals surface area contributed by atoms with Crippen molar-refractivity contribution in [1.29, 1.82) is 0 Å². The minimum atomic E-state index is -0.461. The van der Waals surface area contributed by atoms with Crippen molar-refractivity contribution in [3.8, 4) is 22.6 Å². The van der Waals surface area contributed by atoms with Crippen LogP contribution in [-0.4, -0.2) is 25.0 Å². The molecule has 3 aromatic rings. The van der Waals surface area contributed by atoms with Gasteiger partial charge in [0.25, 0.3) is 11.8 Å². The van der Waals surface area contributed by atoms with E-state index in [0.717, 1.165) is 30.4 Å². The van der Waals surface area contributed by atoms with Gasteiger partial charge in [0.05, 0.1) is 6.61 Å². The summed E-state index contributed by atoms with van der Waals surface area (Å²) in [6, 6.07) is 24.1. The van der Waals surface area contributed by atoms with E-state index in [4.69, 9.17) is 9.47 Å². The molecular weight excluding hydrogens is 404 g/mol. The molecule has 0 atom stereocenters. The van der Waals surface area contributed by atoms with Crippen molar-refractivity contribution in [1.82, 2.24) is 10.9 Å². The average Bonchev–Trinajstić information content (AvgIpc) is 2.85. The maximum atomic E-state index is 12.3. The van der Waals surface area contributed by atoms with Crippen LogP contribution in [0.15, 0.2) is 78.9 Å². The van der Waals surface area contributed by atoms with Crippen LogP contribution in [0.4, 0.5) is 0 Å². The van der Waals surface area contributed by atoms with Crippen molar-refractivity contribution in [2.24, 2.45) is 0 Å². The second kappa shape index (κ2) is 12.2. The topological polar surface area (TPSA) is 76.7 Å². The highest BCUT2D eigenvalue weighted by molar-refractivity contribution is 5.95. The van der Waals surface area contributed by atoms with E-state index in [-0.39, 0.29) is 6.61 Å². The molecule has 32 heavy (non-hydrogen) atoms. The zero-order chi connectivity index (χ0) is 22.6. The summed E-state index contributed by atoms with van der Waals surface area (Å²) >= 11 is 0. The number of rotatable bonds is 10. The molecule has 0 saturated heterocycles. The highest BCUT2D eigenvalue weighted by Crippen LogP contribution is 2.29. The van der Waals surface area contributed by atoms with Crippen molar-refractivity contribution in [3.05, 3.63) is 84.4 Å². The van der Waals surface area contributed by atoms with Gasteiger partial charge in [0.15, 0.2) is 6.61 Å². The number of carbonyl (C=O) groups is 2. The number of hydrazine groups is 1. The summed E-state index contributed by atoms with van der Waals surface area (Å²) in [6.45, 7) is 2.57. The van der Waals surface area contributed by atoms with Crippen LogP contribution in [0.25, 0.3) is 11.1 Å². The van der Waals surface area contributed by atoms with Gasteiger partial charge in [-0.05, 0) is 42.3 Å². The average molecular weight is 433 g/mol. The van der Waals surface area contributed by atoms with Crippen LogP contribution in [0, 0.1) is 0 Å². The first-order chi connectivity index (χ1) is 15.7. The summed E-state index contributed by atoms with van der Waals surface area (Å²) in [4.78, 5) is 24.4. The first kappa shape index (κ1) is 22.9. The van der Waals surface area contributed by atoms with Gasteiger partial charge < -0.3 is 9.47 Å². The lowest BCUT2D eigenvalue weighted by Gasteiger charge is -2.12. The van der Waals surface area contributed by atoms with Crippen molar-refractivity contribution in [2.75, 3.05) is 13.2 Å². The minimum Gasteiger partial charge on any atom is -0.494 e. The molecule has 0 aliphatic carbocycles. The van der Waals surface area contributed by atoms with Gasteiger partial charge in [-0.25, -0.2) is 0 Å². The van der Waals surface area contributed by atoms with Gasteiger partial charge in [-0.15, -0.1) is 0 Å². The Morgan fingerprint density at radius 3 is 2.25 bits per heavy atom. The van der Waals surface area contributed by atoms with E-state index in [2.05, 4.69) is 17.8 Å². The Kier molecular flexibility index (Phi) is 8.69. The second-order valence-corrected chi connectivity index (χ2v) is 7.23. The predicted molar refractivity (Wildman–Crippen MR) is 124 cm³/mol. The molecule has 0 bridgehead atoms. The maximum Gasteiger partial charge on any atom is 0.276 e. The van der Waals surface area contributed by atoms with Crippen LogP contribution in [0.1, 0.15) is 36.5 Å². The molecule has 0 aromatic heterocycles. The molecule has 0 aliphatic heterocycles. The molecule has 0 unspecified atom stereocenters. The Morgan fingerprint density at radius 1 is 0.781 bits per heavy atom. The molecule has 0 fully saturated rings. The SMILES string of the molecule is CCCCCOc1ccc(C(=O)NNC(=O)COc2ccccc2-c2ccccc2)cc1. The molecule has 0 radical (unpaired) electrons. The molecule has 0 aliphatic rings. The Morgan fingerprint density at radius 2 is 1.50 bits per heavy atom. The van der Waals surface area contributed by atoms with Gasteiger partial charge in [0, 0.05) is 11.1 Å². The van der Waals surface area contributed by atoms with Crippen LogP contribution in [0.2, 0.25) is 0 Å². The van der Waals surface area contributed by atoms with Gasteiger partial charge in [0.1, 0.15) is 11.5 Å². The zero-order valence-electron chi connectivity index (χ0n) is 18.2. The summed E-state index contributed by atoms with van der Waals surface area (Å²) < 4.78 is 11.3. The van der Waals surface area contributed by atoms with Crippen LogP contribution >= 0.6 is 0 Å². The number of hydrogen-bond acceptors (Lipinski definition) is 4. The molecule has 3 rings (SSSR count). The van der Waals surface area contributed by atoms with E-state index >= 15 is 0 Å². The van der Waals surface area contributed by atoms with E-state index < -0.39 is 11.8 Å². The minimum absolute atomic E-state index is 0.228. The lowest BCUT2D eigenvalue weighted by Crippen LogP contribution is -2.43. The first-order valence-electron chi connectivity index (χ1n) is 10.8. The fourth-order valence-corrected chi connectivity index (χ4v) is 3.07. The number of benzene rings is 3. The molecule has 2 N–H and O–H groups in total. The molecule has 6 heteroatoms. The van der Waals surface area contributed by atoms with Gasteiger partial charge >= 0.3 is 0 Å². The summed E-state index contributed by atoms with van der Waals surface area (Å²) in [7, 11) is 0. The van der Waals surface area contributed by atoms with Crippen molar-refractivity contribution in [2.45, 2.75) is 26.2 Å². The van der Waals surface area contributed by atoms with E-state index in [1.165, 1.54) is 0 Å². The molecule has 3 aromatic carbocycles. The predicted octanol–water partition coefficient (Wildman–Crippen LogP) is 4.76. The number of amides is 2. The van der Waals surface area contributed by atoms with E-state index in [9.17, 15) is 9.59 Å². The third-order valence-corrected chi connectivity index (χ3v) is 4.78. The molecular formula is C26H28N2O4. The molecule has 0 heterocycles. The van der Waals surface area contributed by atoms with Gasteiger partial charge in [-0.2, -0.15) is 0 Å². The molecule has 6 nitrogen and oxygen atoms in total. The van der Waals surface area contributed by atoms with E-state index in [0.29, 0.717) is 23.7 Å². The maximum absolute atomic E-state index is 12.3. The summed E-state index contributed by atoms with van der Waals surface area (Å²) in [5.74, 6) is 0.430. The van der Waals surface area contributed by atoms with E-state index in [1.54, 1.807) is 30.3 Å². The fourth-order valence-electron chi connectivity index (χ4n) is 3.07. The summed E-state index contributed by atoms with van der Waals surface area (Å²) in [5.41, 5.74) is 7.08. The largest absolute Gasteiger partial charge is 0.494 e. The molecule has 166 valence electrons. The van der Waals surface area contributed by atoms with Crippen LogP contribution in [-0.2, 0) is 4.79 Å². The van der Waals surface area contributed by atoms with Crippen LogP contribution in [0.3, 0.4) is 0 Å². The second-order valence-electron chi connectivity index (χ2n) is 7.23. The summed E-state index contributed by atoms with van der Waals surface area (Å²) in [5, 5.41) is 0. The smallest absolute Gasteiger partial charge is 0.276 e. The normalized spacial score (nSPS) is 10.3. The van der Waals surface area contributed by atoms with Gasteiger partial charge in [-0.3, -0.25) is 20.4 Å². The number of nitrogens with one attached hydrogen (secondary N) is 2. The number of unbranched alkanes of at least 4 members (excludes halogenated alkanes) is 2.